The summed E-state index contributed by atoms with van der Waals surface area (Å²) >= 11 is 8.41. The molecule has 0 fully saturated rings. The van der Waals surface area contributed by atoms with E-state index in [0.717, 1.165) is 4.88 Å². The van der Waals surface area contributed by atoms with Gasteiger partial charge in [0.2, 0.25) is 5.43 Å². The van der Waals surface area contributed by atoms with Crippen molar-refractivity contribution in [1.29, 1.82) is 0 Å². The largest absolute Gasteiger partial charge is 0.502 e. The molecule has 2 N–H and O–H groups in total. The summed E-state index contributed by atoms with van der Waals surface area (Å²) in [4.78, 5) is 30.3. The number of rotatable bonds is 3. The molecule has 2 aromatic heterocycles. The fraction of sp³-hybridized carbons (Fsp3) is 0.286. The first-order valence-corrected chi connectivity index (χ1v) is 11.9. The Balaban J connectivity index is 1.70. The lowest BCUT2D eigenvalue weighted by molar-refractivity contribution is 0.0476. The number of carbonyl (C=O) groups excluding carboxylic acids is 1. The number of benzene rings is 1. The number of cyclic esters (lactones) is 1. The smallest absolute Gasteiger partial charge is 0.359 e. The van der Waals surface area contributed by atoms with E-state index in [4.69, 9.17) is 16.3 Å². The van der Waals surface area contributed by atoms with E-state index in [1.54, 1.807) is 18.3 Å². The molecule has 7 nitrogen and oxygen atoms in total. The van der Waals surface area contributed by atoms with Crippen molar-refractivity contribution in [3.8, 4) is 16.3 Å². The van der Waals surface area contributed by atoms with Crippen LogP contribution in [-0.4, -0.2) is 33.3 Å². The molecule has 0 saturated heterocycles. The van der Waals surface area contributed by atoms with Gasteiger partial charge in [-0.1, -0.05) is 35.7 Å². The molecule has 1 aromatic carbocycles. The summed E-state index contributed by atoms with van der Waals surface area (Å²) in [6.45, 7) is 2.14. The minimum atomic E-state index is -0.753. The summed E-state index contributed by atoms with van der Waals surface area (Å²) in [5.41, 5.74) is -0.350. The molecule has 1 aliphatic heterocycles. The minimum Gasteiger partial charge on any atom is -0.502 e. The Morgan fingerprint density at radius 3 is 3.03 bits per heavy atom. The van der Waals surface area contributed by atoms with Gasteiger partial charge in [0.1, 0.15) is 10.8 Å². The van der Waals surface area contributed by atoms with Crippen LogP contribution in [0.25, 0.3) is 10.6 Å². The monoisotopic (exact) mass is 495 g/mol. The van der Waals surface area contributed by atoms with Gasteiger partial charge in [-0.2, -0.15) is 0 Å². The molecule has 1 atom stereocenters. The summed E-state index contributed by atoms with van der Waals surface area (Å²) < 4.78 is 24.2. The third kappa shape index (κ3) is 4.68. The molecule has 3 aromatic rings. The van der Waals surface area contributed by atoms with Gasteiger partial charge in [0.15, 0.2) is 11.4 Å². The third-order valence-electron chi connectivity index (χ3n) is 4.90. The van der Waals surface area contributed by atoms with Crippen LogP contribution in [0.2, 0.25) is 5.02 Å². The van der Waals surface area contributed by atoms with Crippen LogP contribution in [0, 0.1) is 5.82 Å². The first-order valence-electron chi connectivity index (χ1n) is 9.74. The van der Waals surface area contributed by atoms with E-state index in [9.17, 15) is 19.1 Å². The van der Waals surface area contributed by atoms with E-state index >= 15 is 0 Å². The first kappa shape index (κ1) is 22.8. The zero-order chi connectivity index (χ0) is 22.8. The number of halogens is 2. The average Bonchev–Trinajstić information content (AvgIpc) is 3.22. The molecule has 0 unspecified atom stereocenters. The molecule has 0 amide bonds. The van der Waals surface area contributed by atoms with E-state index in [-0.39, 0.29) is 41.2 Å². The SMILES string of the molecule is C[C@H]1CCOC(=O)c2c(O)c(=O)c(-c3ncc(Cc4cccc(Cl)c4F)s3)cn2CSN1. The predicted molar refractivity (Wildman–Crippen MR) is 123 cm³/mol. The van der Waals surface area contributed by atoms with Gasteiger partial charge in [0, 0.05) is 29.7 Å². The number of nitrogens with zero attached hydrogens (tertiary/aromatic N) is 2. The van der Waals surface area contributed by atoms with Crippen molar-refractivity contribution in [3.63, 3.8) is 0 Å². The molecule has 4 rings (SSSR count). The molecule has 168 valence electrons. The molecule has 0 radical (unpaired) electrons. The van der Waals surface area contributed by atoms with Crippen LogP contribution in [0.3, 0.4) is 0 Å². The molecule has 32 heavy (non-hydrogen) atoms. The van der Waals surface area contributed by atoms with Gasteiger partial charge in [-0.25, -0.2) is 14.2 Å². The van der Waals surface area contributed by atoms with E-state index in [0.29, 0.717) is 17.0 Å². The Bertz CT molecular complexity index is 1230. The first-order chi connectivity index (χ1) is 15.3. The number of aromatic nitrogens is 2. The van der Waals surface area contributed by atoms with E-state index in [1.807, 2.05) is 6.92 Å². The molecular weight excluding hydrogens is 477 g/mol. The van der Waals surface area contributed by atoms with E-state index in [1.165, 1.54) is 40.1 Å². The Kier molecular flexibility index (Phi) is 6.85. The quantitative estimate of drug-likeness (QED) is 0.415. The highest BCUT2D eigenvalue weighted by Gasteiger charge is 2.25. The number of nitrogens with one attached hydrogen (secondary N) is 1. The normalized spacial score (nSPS) is 17.0. The lowest BCUT2D eigenvalue weighted by Crippen LogP contribution is -2.27. The van der Waals surface area contributed by atoms with Gasteiger partial charge in [-0.3, -0.25) is 9.52 Å². The number of hydrogen-bond acceptors (Lipinski definition) is 8. The highest BCUT2D eigenvalue weighted by Crippen LogP contribution is 2.29. The van der Waals surface area contributed by atoms with Crippen LogP contribution in [-0.2, 0) is 17.0 Å². The zero-order valence-electron chi connectivity index (χ0n) is 16.9. The molecule has 1 aliphatic rings. The second-order valence-electron chi connectivity index (χ2n) is 7.28. The number of ether oxygens (including phenoxy) is 1. The van der Waals surface area contributed by atoms with Crippen molar-refractivity contribution in [2.75, 3.05) is 6.61 Å². The molecule has 11 heteroatoms. The number of thiazole rings is 1. The van der Waals surface area contributed by atoms with Gasteiger partial charge in [-0.05, 0) is 25.0 Å². The summed E-state index contributed by atoms with van der Waals surface area (Å²) in [6.07, 6.45) is 3.91. The number of aromatic hydroxyl groups is 1. The second kappa shape index (κ2) is 9.62. The van der Waals surface area contributed by atoms with Crippen LogP contribution >= 0.6 is 34.9 Å². The van der Waals surface area contributed by atoms with Crippen LogP contribution < -0.4 is 10.2 Å². The summed E-state index contributed by atoms with van der Waals surface area (Å²) in [6, 6.07) is 4.89. The molecular formula is C21H19ClFN3O4S2. The summed E-state index contributed by atoms with van der Waals surface area (Å²) in [5, 5.41) is 10.9. The van der Waals surface area contributed by atoms with Crippen molar-refractivity contribution in [2.45, 2.75) is 31.7 Å². The number of pyridine rings is 1. The van der Waals surface area contributed by atoms with Crippen LogP contribution in [0.1, 0.15) is 34.3 Å². The Labute approximate surface area is 196 Å². The van der Waals surface area contributed by atoms with E-state index < -0.39 is 23.0 Å². The minimum absolute atomic E-state index is 0.0381. The highest BCUT2D eigenvalue weighted by molar-refractivity contribution is 7.96. The number of hydrogen-bond donors (Lipinski definition) is 2. The number of fused-ring (bicyclic) bond motifs is 1. The molecule has 0 saturated carbocycles. The van der Waals surface area contributed by atoms with Gasteiger partial charge in [-0.15, -0.1) is 11.3 Å². The van der Waals surface area contributed by atoms with Crippen molar-refractivity contribution < 1.29 is 19.0 Å². The Hall–Kier alpha value is -2.40. The van der Waals surface area contributed by atoms with Crippen LogP contribution in [0.15, 0.2) is 35.4 Å². The third-order valence-corrected chi connectivity index (χ3v) is 7.20. The molecule has 0 aliphatic carbocycles. The second-order valence-corrected chi connectivity index (χ2v) is 9.58. The maximum Gasteiger partial charge on any atom is 0.359 e. The van der Waals surface area contributed by atoms with E-state index in [2.05, 4.69) is 9.71 Å². The number of carbonyl (C=O) groups is 1. The van der Waals surface area contributed by atoms with Crippen LogP contribution in [0.4, 0.5) is 4.39 Å². The highest BCUT2D eigenvalue weighted by atomic mass is 35.5. The van der Waals surface area contributed by atoms with Gasteiger partial charge >= 0.3 is 5.97 Å². The lowest BCUT2D eigenvalue weighted by atomic mass is 10.1. The molecule has 0 spiro atoms. The van der Waals surface area contributed by atoms with Crippen molar-refractivity contribution in [2.24, 2.45) is 0 Å². The van der Waals surface area contributed by atoms with Gasteiger partial charge in [0.25, 0.3) is 0 Å². The predicted octanol–water partition coefficient (Wildman–Crippen LogP) is 4.21. The van der Waals surface area contributed by atoms with Gasteiger partial charge < -0.3 is 14.4 Å². The van der Waals surface area contributed by atoms with Crippen molar-refractivity contribution in [1.82, 2.24) is 14.3 Å². The molecule has 3 heterocycles. The van der Waals surface area contributed by atoms with Crippen LogP contribution in [0.5, 0.6) is 5.75 Å². The Morgan fingerprint density at radius 1 is 1.41 bits per heavy atom. The lowest BCUT2D eigenvalue weighted by Gasteiger charge is -2.20. The average molecular weight is 496 g/mol. The molecule has 0 bridgehead atoms. The zero-order valence-corrected chi connectivity index (χ0v) is 19.3. The maximum atomic E-state index is 14.2. The van der Waals surface area contributed by atoms with Gasteiger partial charge in [0.05, 0.1) is 23.1 Å². The maximum absolute atomic E-state index is 14.2. The summed E-state index contributed by atoms with van der Waals surface area (Å²) in [5.74, 6) is -1.66. The topological polar surface area (TPSA) is 93.5 Å². The standard InChI is InChI=1S/C21H19ClFN3O4S2/c1-11-5-6-30-21(29)17-19(28)18(27)14(9-26(17)10-31-25-11)20-24-8-13(32-20)7-12-3-2-4-15(22)16(12)23/h2-4,8-9,11,25,28H,5-7,10H2,1H3/t11-/m0/s1. The Morgan fingerprint density at radius 2 is 2.22 bits per heavy atom. The fourth-order valence-electron chi connectivity index (χ4n) is 3.21. The van der Waals surface area contributed by atoms with Crippen molar-refractivity contribution in [3.05, 3.63) is 67.8 Å². The number of esters is 1. The van der Waals surface area contributed by atoms with Crippen molar-refractivity contribution >= 4 is 40.9 Å². The summed E-state index contributed by atoms with van der Waals surface area (Å²) in [7, 11) is 0. The fourth-order valence-corrected chi connectivity index (χ4v) is 5.17.